The number of rotatable bonds is 17. The summed E-state index contributed by atoms with van der Waals surface area (Å²) >= 11 is 0. The minimum absolute atomic E-state index is 0.0271. The molecule has 1 heterocycles. The number of anilines is 1. The first-order valence-electron chi connectivity index (χ1n) is 16.4. The molecule has 1 atom stereocenters. The molecule has 4 rings (SSSR count). The highest BCUT2D eigenvalue weighted by Crippen LogP contribution is 2.20. The van der Waals surface area contributed by atoms with Gasteiger partial charge in [-0.2, -0.15) is 0 Å². The predicted octanol–water partition coefficient (Wildman–Crippen LogP) is 6.88. The van der Waals surface area contributed by atoms with Gasteiger partial charge in [0.05, 0.1) is 24.7 Å². The van der Waals surface area contributed by atoms with Crippen molar-refractivity contribution in [2.24, 2.45) is 0 Å². The molecule has 0 aromatic heterocycles. The molecular formula is C37H44N2O8. The number of amides is 2. The molecule has 3 aromatic carbocycles. The molecule has 3 aromatic rings. The zero-order chi connectivity index (χ0) is 33.4. The maximum absolute atomic E-state index is 13.3. The fourth-order valence-corrected chi connectivity index (χ4v) is 5.26. The van der Waals surface area contributed by atoms with Crippen LogP contribution in [-0.4, -0.2) is 59.6 Å². The average molecular weight is 645 g/mol. The SMILES string of the molecule is CCCCCCCOc1ccc(C(=O)Oc2ccc(CN(CC(=O)O)C(=O)c3ccc(NC(=O)CC4CCCCO4)cc3)cc2)cc1. The lowest BCUT2D eigenvalue weighted by Gasteiger charge is -2.22. The van der Waals surface area contributed by atoms with Crippen LogP contribution in [0.1, 0.15) is 91.0 Å². The van der Waals surface area contributed by atoms with E-state index >= 15 is 0 Å². The molecule has 1 fully saturated rings. The number of benzene rings is 3. The van der Waals surface area contributed by atoms with E-state index in [0.29, 0.717) is 41.5 Å². The number of unbranched alkanes of at least 4 members (excludes halogenated alkanes) is 4. The number of carbonyl (C=O) groups excluding carboxylic acids is 3. The molecule has 0 spiro atoms. The van der Waals surface area contributed by atoms with Crippen molar-refractivity contribution in [3.05, 3.63) is 89.5 Å². The Kier molecular flexibility index (Phi) is 13.8. The lowest BCUT2D eigenvalue weighted by atomic mass is 10.1. The van der Waals surface area contributed by atoms with E-state index in [-0.39, 0.29) is 30.5 Å². The Morgan fingerprint density at radius 3 is 2.19 bits per heavy atom. The number of aliphatic carboxylic acids is 1. The first-order chi connectivity index (χ1) is 22.8. The van der Waals surface area contributed by atoms with Crippen LogP contribution in [0.2, 0.25) is 0 Å². The predicted molar refractivity (Wildman–Crippen MR) is 178 cm³/mol. The van der Waals surface area contributed by atoms with Crippen molar-refractivity contribution in [3.63, 3.8) is 0 Å². The lowest BCUT2D eigenvalue weighted by Crippen LogP contribution is -2.35. The Hall–Kier alpha value is -4.70. The molecular weight excluding hydrogens is 600 g/mol. The third-order valence-corrected chi connectivity index (χ3v) is 7.83. The summed E-state index contributed by atoms with van der Waals surface area (Å²) in [6.45, 7) is 3.01. The van der Waals surface area contributed by atoms with Crippen molar-refractivity contribution >= 4 is 29.4 Å². The van der Waals surface area contributed by atoms with Crippen LogP contribution in [0.25, 0.3) is 0 Å². The van der Waals surface area contributed by atoms with Gasteiger partial charge in [0.15, 0.2) is 0 Å². The normalized spacial score (nSPS) is 14.2. The highest BCUT2D eigenvalue weighted by molar-refractivity contribution is 5.97. The van der Waals surface area contributed by atoms with Gasteiger partial charge < -0.3 is 29.5 Å². The van der Waals surface area contributed by atoms with Gasteiger partial charge in [-0.3, -0.25) is 14.4 Å². The van der Waals surface area contributed by atoms with Crippen molar-refractivity contribution < 1.29 is 38.5 Å². The second-order valence-electron chi connectivity index (χ2n) is 11.7. The van der Waals surface area contributed by atoms with Crippen molar-refractivity contribution in [2.75, 3.05) is 25.1 Å². The monoisotopic (exact) mass is 644 g/mol. The van der Waals surface area contributed by atoms with Crippen LogP contribution in [0, 0.1) is 0 Å². The number of hydrogen-bond donors (Lipinski definition) is 2. The smallest absolute Gasteiger partial charge is 0.343 e. The van der Waals surface area contributed by atoms with E-state index < -0.39 is 24.4 Å². The first-order valence-corrected chi connectivity index (χ1v) is 16.4. The van der Waals surface area contributed by atoms with Crippen molar-refractivity contribution in [1.82, 2.24) is 4.90 Å². The molecule has 1 unspecified atom stereocenters. The number of carboxylic acid groups (broad SMARTS) is 1. The van der Waals surface area contributed by atoms with Gasteiger partial charge in [0.2, 0.25) is 5.91 Å². The van der Waals surface area contributed by atoms with E-state index in [0.717, 1.165) is 32.1 Å². The number of nitrogens with zero attached hydrogens (tertiary/aromatic N) is 1. The summed E-state index contributed by atoms with van der Waals surface area (Å²) in [5.41, 5.74) is 1.86. The van der Waals surface area contributed by atoms with E-state index in [4.69, 9.17) is 14.2 Å². The van der Waals surface area contributed by atoms with E-state index in [1.54, 1.807) is 72.8 Å². The maximum Gasteiger partial charge on any atom is 0.343 e. The Balaban J connectivity index is 1.28. The van der Waals surface area contributed by atoms with Crippen molar-refractivity contribution in [3.8, 4) is 11.5 Å². The summed E-state index contributed by atoms with van der Waals surface area (Å²) in [4.78, 5) is 51.1. The highest BCUT2D eigenvalue weighted by Gasteiger charge is 2.21. The van der Waals surface area contributed by atoms with Gasteiger partial charge >= 0.3 is 11.9 Å². The fourth-order valence-electron chi connectivity index (χ4n) is 5.26. The number of hydrogen-bond acceptors (Lipinski definition) is 7. The molecule has 1 aliphatic heterocycles. The molecule has 47 heavy (non-hydrogen) atoms. The van der Waals surface area contributed by atoms with E-state index in [9.17, 15) is 24.3 Å². The molecule has 250 valence electrons. The molecule has 2 amide bonds. The molecule has 1 saturated heterocycles. The Labute approximate surface area is 276 Å². The van der Waals surface area contributed by atoms with Crippen LogP contribution < -0.4 is 14.8 Å². The van der Waals surface area contributed by atoms with Crippen LogP contribution >= 0.6 is 0 Å². The number of carbonyl (C=O) groups is 4. The zero-order valence-corrected chi connectivity index (χ0v) is 27.0. The number of esters is 1. The number of ether oxygens (including phenoxy) is 3. The van der Waals surface area contributed by atoms with Gasteiger partial charge in [0.25, 0.3) is 5.91 Å². The maximum atomic E-state index is 13.3. The lowest BCUT2D eigenvalue weighted by molar-refractivity contribution is -0.137. The summed E-state index contributed by atoms with van der Waals surface area (Å²) in [5, 5.41) is 12.3. The van der Waals surface area contributed by atoms with Gasteiger partial charge in [-0.1, -0.05) is 44.7 Å². The average Bonchev–Trinajstić information content (AvgIpc) is 3.07. The van der Waals surface area contributed by atoms with Crippen LogP contribution in [0.5, 0.6) is 11.5 Å². The Morgan fingerprint density at radius 1 is 0.851 bits per heavy atom. The third-order valence-electron chi connectivity index (χ3n) is 7.83. The molecule has 10 nitrogen and oxygen atoms in total. The van der Waals surface area contributed by atoms with E-state index in [1.807, 2.05) is 0 Å². The van der Waals surface area contributed by atoms with Crippen LogP contribution in [0.4, 0.5) is 5.69 Å². The Morgan fingerprint density at radius 2 is 1.53 bits per heavy atom. The molecule has 2 N–H and O–H groups in total. The summed E-state index contributed by atoms with van der Waals surface area (Å²) in [6.07, 6.45) is 8.88. The molecule has 0 bridgehead atoms. The highest BCUT2D eigenvalue weighted by atomic mass is 16.5. The standard InChI is InChI=1S/C37H44N2O8/c1-2-3-4-5-7-22-45-31-20-14-29(15-21-31)37(44)47-32-18-10-27(11-19-32)25-39(26-35(41)42)36(43)28-12-16-30(17-13-28)38-34(40)24-33-9-6-8-23-46-33/h10-21,33H,2-9,22-26H2,1H3,(H,38,40)(H,41,42). The van der Waals surface area contributed by atoms with Crippen LogP contribution in [0.3, 0.4) is 0 Å². The van der Waals surface area contributed by atoms with Crippen molar-refractivity contribution in [1.29, 1.82) is 0 Å². The van der Waals surface area contributed by atoms with Crippen molar-refractivity contribution in [2.45, 2.75) is 77.4 Å². The molecule has 10 heteroatoms. The van der Waals surface area contributed by atoms with Gasteiger partial charge in [-0.15, -0.1) is 0 Å². The molecule has 0 saturated carbocycles. The van der Waals surface area contributed by atoms with Gasteiger partial charge in [-0.05, 0) is 91.9 Å². The largest absolute Gasteiger partial charge is 0.494 e. The van der Waals surface area contributed by atoms with Crippen LogP contribution in [0.15, 0.2) is 72.8 Å². The quantitative estimate of drug-likeness (QED) is 0.0924. The third kappa shape index (κ3) is 11.9. The topological polar surface area (TPSA) is 131 Å². The zero-order valence-electron chi connectivity index (χ0n) is 27.0. The number of carboxylic acids is 1. The second kappa shape index (κ2) is 18.4. The Bertz CT molecular complexity index is 1450. The first kappa shape index (κ1) is 35.2. The van der Waals surface area contributed by atoms with Gasteiger partial charge in [0.1, 0.15) is 18.0 Å². The second-order valence-corrected chi connectivity index (χ2v) is 11.7. The fraction of sp³-hybridized carbons (Fsp3) is 0.405. The summed E-state index contributed by atoms with van der Waals surface area (Å²) in [5.74, 6) is -1.29. The molecule has 0 aliphatic carbocycles. The minimum Gasteiger partial charge on any atom is -0.494 e. The van der Waals surface area contributed by atoms with Gasteiger partial charge in [0, 0.05) is 24.4 Å². The molecule has 0 radical (unpaired) electrons. The van der Waals surface area contributed by atoms with E-state index in [2.05, 4.69) is 12.2 Å². The van der Waals surface area contributed by atoms with E-state index in [1.165, 1.54) is 24.2 Å². The summed E-state index contributed by atoms with van der Waals surface area (Å²) in [7, 11) is 0. The van der Waals surface area contributed by atoms with Gasteiger partial charge in [-0.25, -0.2) is 4.79 Å². The minimum atomic E-state index is -1.15. The van der Waals surface area contributed by atoms with Crippen LogP contribution in [-0.2, 0) is 20.9 Å². The summed E-state index contributed by atoms with van der Waals surface area (Å²) < 4.78 is 16.9. The summed E-state index contributed by atoms with van der Waals surface area (Å²) in [6, 6.07) is 19.7. The number of nitrogens with one attached hydrogen (secondary N) is 1. The molecule has 1 aliphatic rings.